The van der Waals surface area contributed by atoms with Crippen LogP contribution in [0.5, 0.6) is 0 Å². The topological polar surface area (TPSA) is 237 Å². The molecule has 0 spiro atoms. The Labute approximate surface area is 597 Å². The van der Waals surface area contributed by atoms with Crippen molar-refractivity contribution in [1.82, 2.24) is 0 Å². The van der Waals surface area contributed by atoms with Gasteiger partial charge in [-0.05, 0) is 135 Å². The van der Waals surface area contributed by atoms with Crippen molar-refractivity contribution in [3.8, 4) is 0 Å². The second kappa shape index (κ2) is 72.1. The molecule has 0 aliphatic carbocycles. The molecule has 0 aromatic rings. The maximum atomic E-state index is 13.1. The minimum atomic E-state index is -4.97. The fraction of sp³-hybridized carbons (Fsp3) is 0.823. The smallest absolute Gasteiger partial charge is 0.462 e. The van der Waals surface area contributed by atoms with Gasteiger partial charge in [0.2, 0.25) is 0 Å². The van der Waals surface area contributed by atoms with E-state index in [1.54, 1.807) is 0 Å². The van der Waals surface area contributed by atoms with Gasteiger partial charge in [-0.25, -0.2) is 9.13 Å². The van der Waals surface area contributed by atoms with Crippen molar-refractivity contribution >= 4 is 39.5 Å². The first-order valence-electron chi connectivity index (χ1n) is 39.5. The fourth-order valence-electron chi connectivity index (χ4n) is 10.8. The van der Waals surface area contributed by atoms with Crippen molar-refractivity contribution in [1.29, 1.82) is 0 Å². The van der Waals surface area contributed by atoms with Gasteiger partial charge in [0.25, 0.3) is 0 Å². The third-order valence-corrected chi connectivity index (χ3v) is 18.8. The van der Waals surface area contributed by atoms with Crippen LogP contribution >= 0.6 is 15.6 Å². The van der Waals surface area contributed by atoms with E-state index >= 15 is 0 Å². The Balaban J connectivity index is 5.34. The van der Waals surface area contributed by atoms with E-state index in [0.717, 1.165) is 186 Å². The van der Waals surface area contributed by atoms with Crippen LogP contribution in [0.3, 0.4) is 0 Å². The third kappa shape index (κ3) is 71.2. The first-order chi connectivity index (χ1) is 47.7. The van der Waals surface area contributed by atoms with Crippen LogP contribution in [0, 0.1) is 0 Å². The largest absolute Gasteiger partial charge is 0.472 e. The van der Waals surface area contributed by atoms with Gasteiger partial charge in [-0.2, -0.15) is 0 Å². The minimum absolute atomic E-state index is 0.0905. The van der Waals surface area contributed by atoms with E-state index in [-0.39, 0.29) is 25.7 Å². The summed E-state index contributed by atoms with van der Waals surface area (Å²) in [5.74, 6) is -2.18. The molecule has 17 nitrogen and oxygen atoms in total. The summed E-state index contributed by atoms with van der Waals surface area (Å²) in [5, 5.41) is 10.6. The number of hydrogen-bond donors (Lipinski definition) is 3. The molecule has 0 aliphatic rings. The Bertz CT molecular complexity index is 2100. The van der Waals surface area contributed by atoms with E-state index in [2.05, 4.69) is 88.5 Å². The Morgan fingerprint density at radius 2 is 0.500 bits per heavy atom. The van der Waals surface area contributed by atoms with Gasteiger partial charge in [-0.1, -0.05) is 262 Å². The normalized spacial score (nSPS) is 14.2. The fourth-order valence-corrected chi connectivity index (χ4v) is 12.4. The first kappa shape index (κ1) is 94.8. The van der Waals surface area contributed by atoms with Crippen LogP contribution in [0.15, 0.2) is 60.8 Å². The molecule has 0 bridgehead atoms. The molecular formula is C79H144O17P2. The maximum Gasteiger partial charge on any atom is 0.472 e. The van der Waals surface area contributed by atoms with Crippen LogP contribution in [-0.2, 0) is 65.4 Å². The number of hydrogen-bond acceptors (Lipinski definition) is 15. The zero-order valence-electron chi connectivity index (χ0n) is 62.5. The van der Waals surface area contributed by atoms with Crippen LogP contribution < -0.4 is 0 Å². The number of carbonyl (C=O) groups excluding carboxylic acids is 4. The number of phosphoric ester groups is 2. The molecule has 0 aromatic heterocycles. The molecule has 0 amide bonds. The van der Waals surface area contributed by atoms with Crippen molar-refractivity contribution in [3.63, 3.8) is 0 Å². The standard InChI is InChI=1S/C79H144O17P2/c1-5-9-13-17-21-25-29-33-36-40-44-48-52-56-60-64-77(82)90-70-75(96-79(84)66-62-58-54-50-46-42-38-35-31-27-23-19-15-11-7-3)72-94-98(87,88)92-68-73(80)67-91-97(85,86)93-71-74(69-89-76(81)63-59-55-51-47-43-39-32-28-24-20-16-12-8-4)95-78(83)65-61-57-53-49-45-41-37-34-30-26-22-18-14-10-6-2/h21,25-28,30-33,36,73-75,80H,5-20,22-24,29,34-35,37-72H2,1-4H3,(H,85,86)(H,87,88)/b25-21-,30-26-,31-27-,32-28-,36-33-/t73-,74+,75+/m0/s1. The number of ether oxygens (including phenoxy) is 4. The Kier molecular flexibility index (Phi) is 69.7. The zero-order valence-corrected chi connectivity index (χ0v) is 64.3. The number of allylic oxidation sites excluding steroid dienone is 10. The molecule has 5 atom stereocenters. The predicted octanol–water partition coefficient (Wildman–Crippen LogP) is 22.7. The Morgan fingerprint density at radius 1 is 0.286 bits per heavy atom. The van der Waals surface area contributed by atoms with Crippen molar-refractivity contribution in [2.75, 3.05) is 39.6 Å². The number of phosphoric acid groups is 2. The molecule has 0 saturated heterocycles. The third-order valence-electron chi connectivity index (χ3n) is 16.9. The van der Waals surface area contributed by atoms with Gasteiger partial charge in [0.15, 0.2) is 12.2 Å². The highest BCUT2D eigenvalue weighted by molar-refractivity contribution is 7.47. The highest BCUT2D eigenvalue weighted by Gasteiger charge is 2.30. The summed E-state index contributed by atoms with van der Waals surface area (Å²) in [6.45, 7) is 4.83. The van der Waals surface area contributed by atoms with Crippen LogP contribution in [0.4, 0.5) is 0 Å². The minimum Gasteiger partial charge on any atom is -0.462 e. The van der Waals surface area contributed by atoms with Gasteiger partial charge in [0.05, 0.1) is 26.4 Å². The first-order valence-corrected chi connectivity index (χ1v) is 42.5. The Morgan fingerprint density at radius 3 is 0.786 bits per heavy atom. The van der Waals surface area contributed by atoms with Gasteiger partial charge in [0, 0.05) is 25.7 Å². The van der Waals surface area contributed by atoms with E-state index in [0.29, 0.717) is 25.7 Å². The molecule has 0 aliphatic heterocycles. The van der Waals surface area contributed by atoms with E-state index in [1.807, 2.05) is 0 Å². The average Bonchev–Trinajstić information content (AvgIpc) is 1.04. The molecule has 19 heteroatoms. The second-order valence-corrected chi connectivity index (χ2v) is 29.5. The van der Waals surface area contributed by atoms with Gasteiger partial charge >= 0.3 is 39.5 Å². The van der Waals surface area contributed by atoms with Gasteiger partial charge in [0.1, 0.15) is 19.3 Å². The molecular weight excluding hydrogens is 1280 g/mol. The second-order valence-electron chi connectivity index (χ2n) is 26.6. The molecule has 0 heterocycles. The zero-order chi connectivity index (χ0) is 71.8. The van der Waals surface area contributed by atoms with Gasteiger partial charge in [-0.15, -0.1) is 0 Å². The van der Waals surface area contributed by atoms with Gasteiger partial charge < -0.3 is 33.8 Å². The quantitative estimate of drug-likeness (QED) is 0.0169. The molecule has 2 unspecified atom stereocenters. The molecule has 0 radical (unpaired) electrons. The van der Waals surface area contributed by atoms with Crippen LogP contribution in [0.1, 0.15) is 362 Å². The lowest BCUT2D eigenvalue weighted by molar-refractivity contribution is -0.161. The average molecular weight is 1430 g/mol. The number of aliphatic hydroxyl groups is 1. The number of carbonyl (C=O) groups is 4. The van der Waals surface area contributed by atoms with E-state index in [9.17, 15) is 43.2 Å². The SMILES string of the molecule is CCCCC/C=C\C/C=C\CCCCCCCC(=O)OC[C@H](COP(=O)(O)OC[C@@H](O)COP(=O)(O)OC[C@@H](COC(=O)CCCCCCC/C=C\CCCCCC)OC(=O)CCCCCCCCC/C=C\CCCCCC)OC(=O)CCCCCCCCC/C=C\CCCCCC. The molecule has 0 rings (SSSR count). The van der Waals surface area contributed by atoms with Crippen LogP contribution in [0.25, 0.3) is 0 Å². The number of aliphatic hydroxyl groups excluding tert-OH is 1. The number of esters is 4. The highest BCUT2D eigenvalue weighted by atomic mass is 31.2. The van der Waals surface area contributed by atoms with E-state index in [1.165, 1.54) is 96.3 Å². The lowest BCUT2D eigenvalue weighted by atomic mass is 10.1. The van der Waals surface area contributed by atoms with Crippen molar-refractivity contribution in [2.24, 2.45) is 0 Å². The summed E-state index contributed by atoms with van der Waals surface area (Å²) in [5.41, 5.74) is 0. The van der Waals surface area contributed by atoms with Crippen LogP contribution in [-0.4, -0.2) is 96.7 Å². The number of rotatable bonds is 75. The summed E-state index contributed by atoms with van der Waals surface area (Å²) in [6, 6.07) is 0. The highest BCUT2D eigenvalue weighted by Crippen LogP contribution is 2.45. The molecule has 3 N–H and O–H groups in total. The summed E-state index contributed by atoms with van der Waals surface area (Å²) in [6.07, 6.45) is 70.5. The summed E-state index contributed by atoms with van der Waals surface area (Å²) < 4.78 is 68.5. The molecule has 0 aromatic carbocycles. The number of unbranched alkanes of at least 4 members (excludes halogenated alkanes) is 39. The molecule has 0 saturated carbocycles. The monoisotopic (exact) mass is 1430 g/mol. The summed E-state index contributed by atoms with van der Waals surface area (Å²) in [4.78, 5) is 72.9. The van der Waals surface area contributed by atoms with Crippen LogP contribution in [0.2, 0.25) is 0 Å². The van der Waals surface area contributed by atoms with E-state index in [4.69, 9.17) is 37.0 Å². The van der Waals surface area contributed by atoms with Crippen molar-refractivity contribution < 1.29 is 80.2 Å². The lowest BCUT2D eigenvalue weighted by Crippen LogP contribution is -2.30. The molecule has 0 fully saturated rings. The van der Waals surface area contributed by atoms with Crippen molar-refractivity contribution in [3.05, 3.63) is 60.8 Å². The maximum absolute atomic E-state index is 13.1. The van der Waals surface area contributed by atoms with Crippen molar-refractivity contribution in [2.45, 2.75) is 380 Å². The predicted molar refractivity (Wildman–Crippen MR) is 400 cm³/mol. The van der Waals surface area contributed by atoms with Gasteiger partial charge in [-0.3, -0.25) is 37.3 Å². The molecule has 572 valence electrons. The summed E-state index contributed by atoms with van der Waals surface area (Å²) >= 11 is 0. The van der Waals surface area contributed by atoms with E-state index < -0.39 is 97.5 Å². The summed E-state index contributed by atoms with van der Waals surface area (Å²) in [7, 11) is -9.94. The molecule has 98 heavy (non-hydrogen) atoms. The Hall–Kier alpha value is -3.24. The lowest BCUT2D eigenvalue weighted by Gasteiger charge is -2.21.